The Hall–Kier alpha value is -2.41. The summed E-state index contributed by atoms with van der Waals surface area (Å²) in [5, 5.41) is 6.99. The van der Waals surface area contributed by atoms with Gasteiger partial charge in [-0.25, -0.2) is 9.18 Å². The Morgan fingerprint density at radius 1 is 1.27 bits per heavy atom. The quantitative estimate of drug-likeness (QED) is 0.912. The van der Waals surface area contributed by atoms with Gasteiger partial charge in [-0.05, 0) is 63.2 Å². The van der Waals surface area contributed by atoms with Crippen LogP contribution in [-0.4, -0.2) is 46.4 Å². The fraction of sp³-hybridized carbons (Fsp3) is 0.474. The van der Waals surface area contributed by atoms with E-state index in [2.05, 4.69) is 15.1 Å². The van der Waals surface area contributed by atoms with Crippen LogP contribution >= 0.6 is 0 Å². The van der Waals surface area contributed by atoms with Crippen LogP contribution in [0, 0.1) is 11.7 Å². The highest BCUT2D eigenvalue weighted by atomic mass is 19.1. The lowest BCUT2D eigenvalue weighted by Crippen LogP contribution is -2.45. The van der Waals surface area contributed by atoms with Gasteiger partial charge in [0.25, 0.3) is 0 Å². The highest BCUT2D eigenvalue weighted by Gasteiger charge is 2.48. The molecule has 0 bridgehead atoms. The van der Waals surface area contributed by atoms with E-state index in [-0.39, 0.29) is 11.9 Å². The van der Waals surface area contributed by atoms with Crippen LogP contribution in [-0.2, 0) is 11.3 Å². The fourth-order valence-corrected chi connectivity index (χ4v) is 4.01. The molecule has 2 fully saturated rings. The molecular formula is C19H23FN4O2. The second-order valence-corrected chi connectivity index (χ2v) is 7.38. The summed E-state index contributed by atoms with van der Waals surface area (Å²) in [5.41, 5.74) is 1.28. The highest BCUT2D eigenvalue weighted by Crippen LogP contribution is 2.38. The predicted molar refractivity (Wildman–Crippen MR) is 95.2 cm³/mol. The van der Waals surface area contributed by atoms with Crippen LogP contribution in [0.1, 0.15) is 25.5 Å². The number of nitrogens with one attached hydrogen (secondary N) is 1. The van der Waals surface area contributed by atoms with E-state index in [1.54, 1.807) is 23.2 Å². The predicted octanol–water partition coefficient (Wildman–Crippen LogP) is 3.18. The molecule has 4 rings (SSSR count). The number of nitrogens with zero attached hydrogens (tertiary/aromatic N) is 3. The van der Waals surface area contributed by atoms with Crippen molar-refractivity contribution >= 4 is 11.8 Å². The first-order chi connectivity index (χ1) is 12.5. The summed E-state index contributed by atoms with van der Waals surface area (Å²) in [4.78, 5) is 16.4. The van der Waals surface area contributed by atoms with Crippen molar-refractivity contribution in [2.24, 2.45) is 5.92 Å². The molecule has 1 aromatic carbocycles. The molecule has 0 aliphatic carbocycles. The molecule has 0 unspecified atom stereocenters. The zero-order valence-electron chi connectivity index (χ0n) is 14.8. The molecule has 7 heteroatoms. The van der Waals surface area contributed by atoms with Gasteiger partial charge in [-0.3, -0.25) is 14.9 Å². The number of benzene rings is 1. The molecule has 3 heterocycles. The van der Waals surface area contributed by atoms with Crippen molar-refractivity contribution in [1.29, 1.82) is 0 Å². The van der Waals surface area contributed by atoms with Crippen LogP contribution in [0.25, 0.3) is 0 Å². The number of aromatic amines is 1. The number of anilines is 1. The van der Waals surface area contributed by atoms with E-state index >= 15 is 0 Å². The van der Waals surface area contributed by atoms with Gasteiger partial charge in [0, 0.05) is 30.0 Å². The van der Waals surface area contributed by atoms with Crippen molar-refractivity contribution in [1.82, 2.24) is 15.1 Å². The number of hydrogen-bond acceptors (Lipinski definition) is 4. The Kier molecular flexibility index (Phi) is 4.40. The van der Waals surface area contributed by atoms with E-state index in [1.165, 1.54) is 12.1 Å². The van der Waals surface area contributed by atoms with Crippen LogP contribution < -0.4 is 4.90 Å². The minimum atomic E-state index is -0.508. The summed E-state index contributed by atoms with van der Waals surface area (Å²) in [6.45, 7) is 5.32. The van der Waals surface area contributed by atoms with Crippen LogP contribution in [0.2, 0.25) is 0 Å². The molecule has 0 spiro atoms. The number of cyclic esters (lactones) is 1. The van der Waals surface area contributed by atoms with Crippen molar-refractivity contribution in [3.63, 3.8) is 0 Å². The third-order valence-electron chi connectivity index (χ3n) is 5.55. The molecule has 26 heavy (non-hydrogen) atoms. The van der Waals surface area contributed by atoms with Gasteiger partial charge in [-0.2, -0.15) is 5.10 Å². The summed E-state index contributed by atoms with van der Waals surface area (Å²) >= 11 is 0. The number of H-pyrrole nitrogens is 1. The molecule has 6 nitrogen and oxygen atoms in total. The Bertz CT molecular complexity index is 756. The molecule has 0 saturated carbocycles. The number of halogens is 1. The maximum atomic E-state index is 13.1. The van der Waals surface area contributed by atoms with Crippen molar-refractivity contribution < 1.29 is 13.9 Å². The Labute approximate surface area is 151 Å². The number of amides is 1. The third-order valence-corrected chi connectivity index (χ3v) is 5.55. The maximum absolute atomic E-state index is 13.1. The van der Waals surface area contributed by atoms with Crippen molar-refractivity contribution in [2.75, 3.05) is 24.5 Å². The molecule has 1 N–H and O–H groups in total. The van der Waals surface area contributed by atoms with Crippen molar-refractivity contribution in [3.05, 3.63) is 48.0 Å². The standard InChI is InChI=1S/C19H23FN4O2/c1-19(13-24(18(25)26-19)17-4-2-15(20)3-5-17)14-7-10-23(11-8-14)12-16-6-9-21-22-16/h2-6,9,14H,7-8,10-13H2,1H3,(H,21,22)/t19-/m0/s1. The minimum Gasteiger partial charge on any atom is -0.441 e. The van der Waals surface area contributed by atoms with Gasteiger partial charge in [-0.1, -0.05) is 0 Å². The molecule has 2 aliphatic heterocycles. The van der Waals surface area contributed by atoms with Crippen LogP contribution in [0.4, 0.5) is 14.9 Å². The number of likely N-dealkylation sites (tertiary alicyclic amines) is 1. The molecular weight excluding hydrogens is 335 g/mol. The number of aromatic nitrogens is 2. The summed E-state index contributed by atoms with van der Waals surface area (Å²) < 4.78 is 18.9. The van der Waals surface area contributed by atoms with Gasteiger partial charge in [0.2, 0.25) is 0 Å². The van der Waals surface area contributed by atoms with Crippen molar-refractivity contribution in [2.45, 2.75) is 31.9 Å². The second-order valence-electron chi connectivity index (χ2n) is 7.38. The highest BCUT2D eigenvalue weighted by molar-refractivity contribution is 5.90. The number of rotatable bonds is 4. The Morgan fingerprint density at radius 3 is 2.65 bits per heavy atom. The number of piperidine rings is 1. The molecule has 138 valence electrons. The number of hydrogen-bond donors (Lipinski definition) is 1. The summed E-state index contributed by atoms with van der Waals surface area (Å²) in [6.07, 6.45) is 3.38. The van der Waals surface area contributed by atoms with E-state index in [1.807, 2.05) is 13.0 Å². The molecule has 2 aliphatic rings. The Morgan fingerprint density at radius 2 is 2.00 bits per heavy atom. The smallest absolute Gasteiger partial charge is 0.415 e. The second kappa shape index (κ2) is 6.72. The molecule has 0 radical (unpaired) electrons. The van der Waals surface area contributed by atoms with E-state index < -0.39 is 5.60 Å². The largest absolute Gasteiger partial charge is 0.441 e. The molecule has 2 aromatic rings. The van der Waals surface area contributed by atoms with E-state index in [4.69, 9.17) is 4.74 Å². The first-order valence-corrected chi connectivity index (χ1v) is 9.00. The first kappa shape index (κ1) is 17.0. The average Bonchev–Trinajstić information content (AvgIpc) is 3.24. The SMILES string of the molecule is C[C@@]1(C2CCN(Cc3ccn[nH]3)CC2)CN(c2ccc(F)cc2)C(=O)O1. The number of ether oxygens (including phenoxy) is 1. The lowest BCUT2D eigenvalue weighted by atomic mass is 9.81. The molecule has 1 amide bonds. The van der Waals surface area contributed by atoms with Gasteiger partial charge in [0.15, 0.2) is 0 Å². The lowest BCUT2D eigenvalue weighted by Gasteiger charge is -2.38. The van der Waals surface area contributed by atoms with Crippen LogP contribution in [0.3, 0.4) is 0 Å². The average molecular weight is 358 g/mol. The summed E-state index contributed by atoms with van der Waals surface area (Å²) in [7, 11) is 0. The molecule has 1 atom stereocenters. The summed E-state index contributed by atoms with van der Waals surface area (Å²) in [6, 6.07) is 7.97. The first-order valence-electron chi connectivity index (χ1n) is 9.00. The zero-order chi connectivity index (χ0) is 18.1. The van der Waals surface area contributed by atoms with Crippen LogP contribution in [0.15, 0.2) is 36.5 Å². The van der Waals surface area contributed by atoms with E-state index in [0.717, 1.165) is 38.2 Å². The monoisotopic (exact) mass is 358 g/mol. The van der Waals surface area contributed by atoms with Gasteiger partial charge >= 0.3 is 6.09 Å². The zero-order valence-corrected chi connectivity index (χ0v) is 14.8. The van der Waals surface area contributed by atoms with E-state index in [9.17, 15) is 9.18 Å². The van der Waals surface area contributed by atoms with Gasteiger partial charge in [-0.15, -0.1) is 0 Å². The van der Waals surface area contributed by atoms with Crippen LogP contribution in [0.5, 0.6) is 0 Å². The maximum Gasteiger partial charge on any atom is 0.415 e. The Balaban J connectivity index is 1.39. The molecule has 2 saturated heterocycles. The van der Waals surface area contributed by atoms with Gasteiger partial charge in [0.1, 0.15) is 11.4 Å². The fourth-order valence-electron chi connectivity index (χ4n) is 4.01. The number of carbonyl (C=O) groups is 1. The normalized spacial score (nSPS) is 24.8. The lowest BCUT2D eigenvalue weighted by molar-refractivity contribution is -0.00691. The minimum absolute atomic E-state index is 0.311. The van der Waals surface area contributed by atoms with Gasteiger partial charge in [0.05, 0.1) is 6.54 Å². The molecule has 1 aromatic heterocycles. The van der Waals surface area contributed by atoms with E-state index in [0.29, 0.717) is 18.2 Å². The number of carbonyl (C=O) groups excluding carboxylic acids is 1. The topological polar surface area (TPSA) is 61.5 Å². The van der Waals surface area contributed by atoms with Gasteiger partial charge < -0.3 is 4.74 Å². The summed E-state index contributed by atoms with van der Waals surface area (Å²) in [5.74, 6) is 0.00336. The third kappa shape index (κ3) is 3.31. The van der Waals surface area contributed by atoms with Crippen molar-refractivity contribution in [3.8, 4) is 0 Å².